The third-order valence-corrected chi connectivity index (χ3v) is 10.3. The van der Waals surface area contributed by atoms with Gasteiger partial charge in [0.25, 0.3) is 6.48 Å². The van der Waals surface area contributed by atoms with Gasteiger partial charge in [-0.25, -0.2) is 8.78 Å². The van der Waals surface area contributed by atoms with Gasteiger partial charge in [0.05, 0.1) is 24.3 Å². The van der Waals surface area contributed by atoms with Crippen LogP contribution in [-0.2, 0) is 23.7 Å². The minimum atomic E-state index is -0.793. The Hall–Kier alpha value is -5.19. The first-order chi connectivity index (χ1) is 31.6. The molecule has 3 saturated heterocycles. The number of phenols is 2. The summed E-state index contributed by atoms with van der Waals surface area (Å²) in [4.78, 5) is 15.6. The van der Waals surface area contributed by atoms with E-state index in [0.29, 0.717) is 62.4 Å². The molecule has 4 N–H and O–H groups in total. The number of ether oxygens (including phenoxy) is 5. The summed E-state index contributed by atoms with van der Waals surface area (Å²) in [5.41, 5.74) is 5.97. The molecule has 0 aromatic heterocycles. The van der Waals surface area contributed by atoms with Gasteiger partial charge in [0, 0.05) is 70.6 Å². The van der Waals surface area contributed by atoms with E-state index in [2.05, 4.69) is 46.2 Å². The van der Waals surface area contributed by atoms with E-state index < -0.39 is 35.9 Å². The average molecular weight is 905 g/mol. The fourth-order valence-electron chi connectivity index (χ4n) is 6.96. The number of hydrogen-bond acceptors (Lipinski definition) is 12. The van der Waals surface area contributed by atoms with Crippen molar-refractivity contribution in [2.24, 2.45) is 0 Å². The Labute approximate surface area is 382 Å². The Morgan fingerprint density at radius 2 is 1.03 bits per heavy atom. The molecular weight excluding hydrogens is 839 g/mol. The van der Waals surface area contributed by atoms with Crippen LogP contribution < -0.4 is 9.80 Å². The summed E-state index contributed by atoms with van der Waals surface area (Å²) in [7, 11) is 0. The first-order valence-corrected chi connectivity index (χ1v) is 22.5. The number of phenolic OH excluding ortho intramolecular Hbond substituents is 2. The molecule has 12 nitrogen and oxygen atoms in total. The topological polar surface area (TPSA) is 151 Å². The molecule has 3 fully saturated rings. The molecule has 14 heteroatoms. The Bertz CT molecular complexity index is 2010. The molecule has 3 heterocycles. The van der Waals surface area contributed by atoms with Crippen molar-refractivity contribution in [2.75, 3.05) is 82.2 Å². The van der Waals surface area contributed by atoms with Crippen LogP contribution in [0.15, 0.2) is 72.8 Å². The minimum Gasteiger partial charge on any atom is -0.504 e. The summed E-state index contributed by atoms with van der Waals surface area (Å²) in [6.45, 7) is 12.8. The number of carbonyl (C=O) groups is 1. The summed E-state index contributed by atoms with van der Waals surface area (Å²) in [6.07, 6.45) is 13.4. The molecule has 4 aromatic carbocycles. The highest BCUT2D eigenvalue weighted by atomic mass is 19.1. The molecule has 0 aliphatic carbocycles. The number of halogens is 2. The van der Waals surface area contributed by atoms with Gasteiger partial charge < -0.3 is 53.9 Å². The number of anilines is 2. The molecule has 0 radical (unpaired) electrons. The number of aliphatic hydroxyl groups is 2. The van der Waals surface area contributed by atoms with Gasteiger partial charge in [-0.1, -0.05) is 48.6 Å². The van der Waals surface area contributed by atoms with E-state index >= 15 is 0 Å². The van der Waals surface area contributed by atoms with Gasteiger partial charge in [0.15, 0.2) is 35.7 Å². The predicted molar refractivity (Wildman–Crippen MR) is 252 cm³/mol. The summed E-state index contributed by atoms with van der Waals surface area (Å²) < 4.78 is 53.9. The maximum atomic E-state index is 14.1. The number of hydrogen-bond donors (Lipinski definition) is 4. The van der Waals surface area contributed by atoms with Crippen LogP contribution in [0.1, 0.15) is 104 Å². The third kappa shape index (κ3) is 17.6. The minimum absolute atomic E-state index is 0.0472. The lowest BCUT2D eigenvalue weighted by Crippen LogP contribution is -2.20. The lowest BCUT2D eigenvalue weighted by atomic mass is 10.1. The van der Waals surface area contributed by atoms with E-state index in [9.17, 15) is 23.8 Å². The Balaban J connectivity index is 0.000000220. The zero-order valence-electron chi connectivity index (χ0n) is 37.9. The molecule has 65 heavy (non-hydrogen) atoms. The van der Waals surface area contributed by atoms with Gasteiger partial charge in [-0.15, -0.1) is 0 Å². The largest absolute Gasteiger partial charge is 0.504 e. The highest BCUT2D eigenvalue weighted by molar-refractivity contribution is 5.82. The summed E-state index contributed by atoms with van der Waals surface area (Å²) in [6, 6.07) is 22.3. The molecule has 0 amide bonds. The zero-order valence-corrected chi connectivity index (χ0v) is 37.9. The zero-order chi connectivity index (χ0) is 46.8. The molecule has 0 bridgehead atoms. The Kier molecular flexibility index (Phi) is 23.7. The molecule has 0 spiro atoms. The molecule has 0 saturated carbocycles. The monoisotopic (exact) mass is 904 g/mol. The van der Waals surface area contributed by atoms with E-state index in [1.165, 1.54) is 55.3 Å². The predicted octanol–water partition coefficient (Wildman–Crippen LogP) is 9.59. The normalized spacial score (nSPS) is 15.1. The van der Waals surface area contributed by atoms with E-state index in [4.69, 9.17) is 33.9 Å². The quantitative estimate of drug-likeness (QED) is 0.0482. The van der Waals surface area contributed by atoms with E-state index in [1.807, 2.05) is 51.1 Å². The number of carbonyl (C=O) groups excluding carboxylic acids is 1. The number of aldehydes is 1. The molecule has 0 atom stereocenters. The van der Waals surface area contributed by atoms with Crippen LogP contribution in [0, 0.1) is 11.6 Å². The highest BCUT2D eigenvalue weighted by Gasteiger charge is 2.23. The van der Waals surface area contributed by atoms with Gasteiger partial charge in [-0.05, 0) is 130 Å². The molecule has 0 unspecified atom stereocenters. The standard InChI is InChI=1S/C22H24FNO3.C19H18FNO2.C7H16O3.C3H8O2/c23-20-15-17(14-19(21(20)25)22-26-12-3-13-27-22)5-4-16-6-8-18(9-7-16)24-10-1-2-11-24;20-18-12-15(11-16(13-22)19(18)23)4-3-14-5-7-17(8-6-14)21-9-1-2-10-21;1-4-8-7(9-5-2)10-6-3;4-2-1-3-5/h4-9,14-15,22,25H,1-3,10-13H2;3-8,11-13,23H,1-2,9-10H2;7H,4-6H2,1-3H3;4-5H,1-3H2/b5-4+;4-3+;;. The number of rotatable bonds is 16. The lowest BCUT2D eigenvalue weighted by molar-refractivity contribution is -0.282. The van der Waals surface area contributed by atoms with Crippen molar-refractivity contribution >= 4 is 42.0 Å². The van der Waals surface area contributed by atoms with Gasteiger partial charge in [0.2, 0.25) is 0 Å². The van der Waals surface area contributed by atoms with Gasteiger partial charge in [0.1, 0.15) is 0 Å². The SMILES string of the molecule is CCOC(OCC)OCC.O=Cc1cc(/C=C/c2ccc(N3CCCC3)cc2)cc(F)c1O.OCCCO.Oc1c(F)cc(/C=C/c2ccc(N3CCCC3)cc2)cc1C1OCCCO1. The number of benzene rings is 4. The van der Waals surface area contributed by atoms with Gasteiger partial charge in [-0.3, -0.25) is 4.79 Å². The van der Waals surface area contributed by atoms with Crippen molar-refractivity contribution < 1.29 is 57.7 Å². The second-order valence-corrected chi connectivity index (χ2v) is 15.1. The Morgan fingerprint density at radius 1 is 0.615 bits per heavy atom. The fraction of sp³-hybridized carbons (Fsp3) is 0.431. The Morgan fingerprint density at radius 3 is 1.43 bits per heavy atom. The highest BCUT2D eigenvalue weighted by Crippen LogP contribution is 2.34. The smallest absolute Gasteiger partial charge is 0.271 e. The maximum absolute atomic E-state index is 14.1. The first-order valence-electron chi connectivity index (χ1n) is 22.5. The molecule has 3 aliphatic heterocycles. The van der Waals surface area contributed by atoms with Crippen LogP contribution in [0.25, 0.3) is 24.3 Å². The molecule has 7 rings (SSSR count). The average Bonchev–Trinajstić information content (AvgIpc) is 4.08. The third-order valence-electron chi connectivity index (χ3n) is 10.3. The van der Waals surface area contributed by atoms with E-state index in [1.54, 1.807) is 12.1 Å². The van der Waals surface area contributed by atoms with Crippen LogP contribution in [-0.4, -0.2) is 106 Å². The van der Waals surface area contributed by atoms with Crippen LogP contribution in [0.5, 0.6) is 11.5 Å². The van der Waals surface area contributed by atoms with Crippen LogP contribution in [0.3, 0.4) is 0 Å². The molecular formula is C51H66F2N2O10. The second-order valence-electron chi connectivity index (χ2n) is 15.1. The first kappa shape index (κ1) is 52.4. The number of nitrogens with zero attached hydrogens (tertiary/aromatic N) is 2. The number of aromatic hydroxyl groups is 2. The lowest BCUT2D eigenvalue weighted by Gasteiger charge is -2.24. The van der Waals surface area contributed by atoms with Crippen LogP contribution in [0.4, 0.5) is 20.2 Å². The van der Waals surface area contributed by atoms with Crippen molar-refractivity contribution in [3.8, 4) is 11.5 Å². The van der Waals surface area contributed by atoms with Crippen LogP contribution in [0.2, 0.25) is 0 Å². The van der Waals surface area contributed by atoms with E-state index in [0.717, 1.165) is 43.7 Å². The van der Waals surface area contributed by atoms with Crippen molar-refractivity contribution in [2.45, 2.75) is 72.1 Å². The fourth-order valence-corrected chi connectivity index (χ4v) is 6.96. The van der Waals surface area contributed by atoms with Crippen molar-refractivity contribution in [3.05, 3.63) is 118 Å². The summed E-state index contributed by atoms with van der Waals surface area (Å²) >= 11 is 0. The molecule has 354 valence electrons. The van der Waals surface area contributed by atoms with Crippen molar-refractivity contribution in [1.82, 2.24) is 0 Å². The van der Waals surface area contributed by atoms with Gasteiger partial charge >= 0.3 is 0 Å². The second kappa shape index (κ2) is 29.4. The van der Waals surface area contributed by atoms with E-state index in [-0.39, 0.29) is 18.8 Å². The van der Waals surface area contributed by atoms with Crippen LogP contribution >= 0.6 is 0 Å². The summed E-state index contributed by atoms with van der Waals surface area (Å²) in [5.74, 6) is -2.48. The molecule has 3 aliphatic rings. The van der Waals surface area contributed by atoms with Gasteiger partial charge in [-0.2, -0.15) is 0 Å². The molecule has 4 aromatic rings. The summed E-state index contributed by atoms with van der Waals surface area (Å²) in [5, 5.41) is 35.2. The van der Waals surface area contributed by atoms with Crippen molar-refractivity contribution in [1.29, 1.82) is 0 Å². The van der Waals surface area contributed by atoms with Crippen molar-refractivity contribution in [3.63, 3.8) is 0 Å². The number of aliphatic hydroxyl groups excluding tert-OH is 2. The maximum Gasteiger partial charge on any atom is 0.271 e.